The van der Waals surface area contributed by atoms with Crippen LogP contribution in [-0.2, 0) is 4.79 Å². The average Bonchev–Trinajstić information content (AvgIpc) is 3.05. The standard InChI is InChI=1S/C23H18BrClN6O2S/c1-12-18(20(25)31(29-12)15-7-5-4-6-8-15)22-30(13(2)32)17-10-9-14(24)11-16(17)19-21(33-22)26-23(34-3)28-27-19/h4-11,22H,1-3H3/t22-/m0/s1. The molecule has 0 spiro atoms. The number of benzene rings is 2. The number of thioether (sulfide) groups is 1. The van der Waals surface area contributed by atoms with Crippen LogP contribution in [0, 0.1) is 6.92 Å². The third kappa shape index (κ3) is 3.85. The second kappa shape index (κ2) is 9.01. The fourth-order valence-electron chi connectivity index (χ4n) is 3.88. The Bertz CT molecular complexity index is 1410. The minimum atomic E-state index is -0.921. The maximum Gasteiger partial charge on any atom is 0.247 e. The Balaban J connectivity index is 1.77. The van der Waals surface area contributed by atoms with Gasteiger partial charge in [0.05, 0.1) is 22.6 Å². The van der Waals surface area contributed by atoms with E-state index in [9.17, 15) is 4.79 Å². The number of aromatic nitrogens is 5. The molecule has 4 aromatic rings. The fourth-order valence-corrected chi connectivity index (χ4v) is 4.91. The van der Waals surface area contributed by atoms with Crippen molar-refractivity contribution in [1.29, 1.82) is 0 Å². The summed E-state index contributed by atoms with van der Waals surface area (Å²) in [4.78, 5) is 19.2. The lowest BCUT2D eigenvalue weighted by atomic mass is 10.1. The van der Waals surface area contributed by atoms with Crippen LogP contribution >= 0.6 is 39.3 Å². The molecule has 0 fully saturated rings. The van der Waals surface area contributed by atoms with Crippen molar-refractivity contribution >= 4 is 50.9 Å². The number of anilines is 1. The topological polar surface area (TPSA) is 86.0 Å². The molecule has 11 heteroatoms. The summed E-state index contributed by atoms with van der Waals surface area (Å²) < 4.78 is 8.87. The Labute approximate surface area is 213 Å². The van der Waals surface area contributed by atoms with E-state index in [1.165, 1.54) is 18.7 Å². The van der Waals surface area contributed by atoms with Crippen molar-refractivity contribution in [2.24, 2.45) is 0 Å². The Morgan fingerprint density at radius 2 is 1.94 bits per heavy atom. The molecule has 1 aliphatic heterocycles. The highest BCUT2D eigenvalue weighted by molar-refractivity contribution is 9.10. The van der Waals surface area contributed by atoms with Gasteiger partial charge in [0, 0.05) is 17.0 Å². The molecule has 0 bridgehead atoms. The lowest BCUT2D eigenvalue weighted by molar-refractivity contribution is -0.118. The minimum absolute atomic E-state index is 0.234. The number of rotatable bonds is 3. The maximum absolute atomic E-state index is 13.1. The van der Waals surface area contributed by atoms with Gasteiger partial charge < -0.3 is 4.74 Å². The van der Waals surface area contributed by atoms with Crippen molar-refractivity contribution in [2.45, 2.75) is 25.2 Å². The number of ether oxygens (including phenoxy) is 1. The first-order chi connectivity index (χ1) is 16.4. The zero-order valence-corrected chi connectivity index (χ0v) is 21.5. The van der Waals surface area contributed by atoms with Crippen LogP contribution in [0.25, 0.3) is 16.9 Å². The molecule has 1 amide bonds. The number of hydrogen-bond donors (Lipinski definition) is 0. The molecule has 0 unspecified atom stereocenters. The van der Waals surface area contributed by atoms with Gasteiger partial charge in [0.15, 0.2) is 5.69 Å². The number of halogens is 2. The smallest absolute Gasteiger partial charge is 0.247 e. The van der Waals surface area contributed by atoms with Crippen LogP contribution in [0.15, 0.2) is 58.2 Å². The predicted octanol–water partition coefficient (Wildman–Crippen LogP) is 5.61. The van der Waals surface area contributed by atoms with E-state index in [4.69, 9.17) is 16.3 Å². The third-order valence-electron chi connectivity index (χ3n) is 5.38. The molecule has 1 atom stereocenters. The van der Waals surface area contributed by atoms with Crippen LogP contribution in [-0.4, -0.2) is 37.1 Å². The Morgan fingerprint density at radius 1 is 1.18 bits per heavy atom. The van der Waals surface area contributed by atoms with Crippen molar-refractivity contribution < 1.29 is 9.53 Å². The predicted molar refractivity (Wildman–Crippen MR) is 135 cm³/mol. The van der Waals surface area contributed by atoms with E-state index in [1.807, 2.05) is 61.7 Å². The molecule has 2 aromatic heterocycles. The Morgan fingerprint density at radius 3 is 2.65 bits per heavy atom. The molecule has 2 aromatic carbocycles. The van der Waals surface area contributed by atoms with Crippen molar-refractivity contribution in [2.75, 3.05) is 11.2 Å². The average molecular weight is 558 g/mol. The van der Waals surface area contributed by atoms with Gasteiger partial charge in [0.2, 0.25) is 23.2 Å². The zero-order valence-electron chi connectivity index (χ0n) is 18.4. The number of carbonyl (C=O) groups excluding carboxylic acids is 1. The second-order valence-electron chi connectivity index (χ2n) is 7.51. The maximum atomic E-state index is 13.1. The van der Waals surface area contributed by atoms with Crippen molar-refractivity contribution in [3.8, 4) is 22.8 Å². The molecule has 0 N–H and O–H groups in total. The summed E-state index contributed by atoms with van der Waals surface area (Å²) in [5.41, 5.74) is 3.69. The molecule has 0 saturated carbocycles. The van der Waals surface area contributed by atoms with Gasteiger partial charge in [0.1, 0.15) is 5.15 Å². The summed E-state index contributed by atoms with van der Waals surface area (Å²) in [6.07, 6.45) is 0.935. The quantitative estimate of drug-likeness (QED) is 0.302. The van der Waals surface area contributed by atoms with E-state index < -0.39 is 6.23 Å². The molecule has 5 rings (SSSR count). The molecule has 0 aliphatic carbocycles. The normalized spacial score (nSPS) is 14.7. The van der Waals surface area contributed by atoms with Gasteiger partial charge in [-0.25, -0.2) is 4.68 Å². The molecule has 0 radical (unpaired) electrons. The molecule has 0 saturated heterocycles. The summed E-state index contributed by atoms with van der Waals surface area (Å²) >= 11 is 11.7. The largest absolute Gasteiger partial charge is 0.447 e. The van der Waals surface area contributed by atoms with Crippen LogP contribution in [0.1, 0.15) is 24.4 Å². The summed E-state index contributed by atoms with van der Waals surface area (Å²) in [7, 11) is 0. The summed E-state index contributed by atoms with van der Waals surface area (Å²) in [6, 6.07) is 15.1. The molecule has 3 heterocycles. The molecular formula is C23H18BrClN6O2S. The number of hydrogen-bond acceptors (Lipinski definition) is 7. The van der Waals surface area contributed by atoms with Gasteiger partial charge in [-0.3, -0.25) is 9.69 Å². The van der Waals surface area contributed by atoms with Crippen molar-refractivity contribution in [3.05, 3.63) is 69.4 Å². The van der Waals surface area contributed by atoms with E-state index in [-0.39, 0.29) is 11.8 Å². The first-order valence-corrected chi connectivity index (χ1v) is 12.6. The van der Waals surface area contributed by atoms with E-state index in [0.29, 0.717) is 38.5 Å². The van der Waals surface area contributed by atoms with Gasteiger partial charge >= 0.3 is 0 Å². The summed E-state index contributed by atoms with van der Waals surface area (Å²) in [6.45, 7) is 3.32. The zero-order chi connectivity index (χ0) is 24.0. The van der Waals surface area contributed by atoms with Crippen molar-refractivity contribution in [3.63, 3.8) is 0 Å². The number of carbonyl (C=O) groups is 1. The Kier molecular flexibility index (Phi) is 6.05. The third-order valence-corrected chi connectivity index (χ3v) is 6.78. The second-order valence-corrected chi connectivity index (χ2v) is 9.56. The highest BCUT2D eigenvalue weighted by atomic mass is 79.9. The summed E-state index contributed by atoms with van der Waals surface area (Å²) in [5, 5.41) is 14.0. The summed E-state index contributed by atoms with van der Waals surface area (Å²) in [5.74, 6) is 0.0257. The first-order valence-electron chi connectivity index (χ1n) is 10.2. The van der Waals surface area contributed by atoms with E-state index in [2.05, 4.69) is 36.2 Å². The van der Waals surface area contributed by atoms with Gasteiger partial charge in [-0.05, 0) is 43.5 Å². The number of fused-ring (bicyclic) bond motifs is 3. The number of nitrogens with zero attached hydrogens (tertiary/aromatic N) is 6. The van der Waals surface area contributed by atoms with E-state index in [1.54, 1.807) is 9.58 Å². The first kappa shape index (κ1) is 22.8. The van der Waals surface area contributed by atoms with E-state index in [0.717, 1.165) is 10.2 Å². The number of amides is 1. The lowest BCUT2D eigenvalue weighted by Gasteiger charge is -2.29. The SMILES string of the molecule is CSc1nnc2c(n1)O[C@@H](c1c(C)nn(-c3ccccc3)c1Cl)N(C(C)=O)c1ccc(Br)cc1-2. The molecule has 8 nitrogen and oxygen atoms in total. The number of aryl methyl sites for hydroxylation is 1. The molecule has 34 heavy (non-hydrogen) atoms. The van der Waals surface area contributed by atoms with Crippen LogP contribution in [0.4, 0.5) is 5.69 Å². The molecule has 1 aliphatic rings. The molecule has 172 valence electrons. The Hall–Kier alpha value is -2.95. The van der Waals surface area contributed by atoms with Crippen molar-refractivity contribution in [1.82, 2.24) is 25.0 Å². The number of para-hydroxylation sites is 1. The van der Waals surface area contributed by atoms with Gasteiger partial charge in [-0.2, -0.15) is 10.1 Å². The van der Waals surface area contributed by atoms with E-state index >= 15 is 0 Å². The van der Waals surface area contributed by atoms with Gasteiger partial charge in [-0.1, -0.05) is 57.5 Å². The lowest BCUT2D eigenvalue weighted by Crippen LogP contribution is -2.36. The minimum Gasteiger partial charge on any atom is -0.447 e. The van der Waals surface area contributed by atoms with Gasteiger partial charge in [-0.15, -0.1) is 10.2 Å². The van der Waals surface area contributed by atoms with Gasteiger partial charge in [0.25, 0.3) is 0 Å². The van der Waals surface area contributed by atoms with Crippen LogP contribution in [0.2, 0.25) is 5.15 Å². The van der Waals surface area contributed by atoms with Crippen LogP contribution in [0.3, 0.4) is 0 Å². The van der Waals surface area contributed by atoms with Crippen LogP contribution < -0.4 is 9.64 Å². The highest BCUT2D eigenvalue weighted by Crippen LogP contribution is 2.46. The molecular weight excluding hydrogens is 540 g/mol. The fraction of sp³-hybridized carbons (Fsp3) is 0.174. The van der Waals surface area contributed by atoms with Crippen LogP contribution in [0.5, 0.6) is 5.88 Å². The highest BCUT2D eigenvalue weighted by Gasteiger charge is 2.38. The monoisotopic (exact) mass is 556 g/mol.